The smallest absolute Gasteiger partial charge is 0.475 e. The molecular formula is C20H27F3N6O3. The molecule has 0 spiro atoms. The molecule has 2 aliphatic heterocycles. The number of carboxylic acids is 1. The zero-order valence-corrected chi connectivity index (χ0v) is 17.8. The Labute approximate surface area is 183 Å². The zero-order valence-electron chi connectivity index (χ0n) is 17.8. The van der Waals surface area contributed by atoms with Gasteiger partial charge in [0, 0.05) is 63.6 Å². The number of alkyl halides is 3. The Kier molecular flexibility index (Phi) is 7.54. The van der Waals surface area contributed by atoms with Gasteiger partial charge in [-0.25, -0.2) is 4.79 Å². The van der Waals surface area contributed by atoms with Crippen LogP contribution in [0.3, 0.4) is 0 Å². The average Bonchev–Trinajstić information content (AvgIpc) is 3.47. The summed E-state index contributed by atoms with van der Waals surface area (Å²) in [4.78, 5) is 25.2. The summed E-state index contributed by atoms with van der Waals surface area (Å²) < 4.78 is 35.9. The van der Waals surface area contributed by atoms with Gasteiger partial charge >= 0.3 is 12.1 Å². The molecule has 1 saturated heterocycles. The number of nitrogens with zero attached hydrogens (tertiary/aromatic N) is 6. The van der Waals surface area contributed by atoms with E-state index < -0.39 is 12.1 Å². The monoisotopic (exact) mass is 456 g/mol. The second-order valence-corrected chi connectivity index (χ2v) is 7.87. The molecule has 4 heterocycles. The van der Waals surface area contributed by atoms with Crippen LogP contribution in [-0.4, -0.2) is 72.2 Å². The number of fused-ring (bicyclic) bond motifs is 1. The van der Waals surface area contributed by atoms with Gasteiger partial charge in [0.1, 0.15) is 0 Å². The van der Waals surface area contributed by atoms with Crippen LogP contribution in [0.5, 0.6) is 0 Å². The molecule has 0 bridgehead atoms. The van der Waals surface area contributed by atoms with Crippen molar-refractivity contribution >= 4 is 11.9 Å². The SMILES string of the molecule is CCn1cc(CN2Cc3ccnn3C(CCN3CCCC3=O)C2)cn1.O=C(O)C(F)(F)F. The van der Waals surface area contributed by atoms with Crippen LogP contribution in [-0.2, 0) is 29.2 Å². The standard InChI is InChI=1S/C18H26N6O.C2HF3O2/c1-2-23-12-15(10-20-23)11-21-13-16-5-7-19-24(16)17(14-21)6-9-22-8-3-4-18(22)25;3-2(4,5)1(6)7/h5,7,10,12,17H,2-4,6,8-9,11,13-14H2,1H3;(H,6,7). The Bertz CT molecular complexity index is 926. The molecule has 9 nitrogen and oxygen atoms in total. The van der Waals surface area contributed by atoms with E-state index in [1.807, 2.05) is 22.0 Å². The van der Waals surface area contributed by atoms with Crippen molar-refractivity contribution in [3.05, 3.63) is 35.9 Å². The molecule has 176 valence electrons. The maximum atomic E-state index is 11.9. The number of aryl methyl sites for hydroxylation is 1. The highest BCUT2D eigenvalue weighted by Crippen LogP contribution is 2.25. The van der Waals surface area contributed by atoms with E-state index in [0.29, 0.717) is 18.4 Å². The second kappa shape index (κ2) is 10.2. The first-order chi connectivity index (χ1) is 15.2. The van der Waals surface area contributed by atoms with Gasteiger partial charge in [-0.15, -0.1) is 0 Å². The van der Waals surface area contributed by atoms with Crippen LogP contribution in [0.15, 0.2) is 24.7 Å². The highest BCUT2D eigenvalue weighted by Gasteiger charge is 2.38. The molecule has 0 aliphatic carbocycles. The lowest BCUT2D eigenvalue weighted by Gasteiger charge is -2.34. The minimum atomic E-state index is -5.08. The van der Waals surface area contributed by atoms with Gasteiger partial charge in [-0.1, -0.05) is 0 Å². The Morgan fingerprint density at radius 1 is 1.31 bits per heavy atom. The Balaban J connectivity index is 0.000000360. The van der Waals surface area contributed by atoms with Crippen LogP contribution >= 0.6 is 0 Å². The van der Waals surface area contributed by atoms with Gasteiger partial charge < -0.3 is 10.0 Å². The largest absolute Gasteiger partial charge is 0.490 e. The molecule has 1 fully saturated rings. The van der Waals surface area contributed by atoms with Crippen LogP contribution in [0.2, 0.25) is 0 Å². The van der Waals surface area contributed by atoms with E-state index in [9.17, 15) is 18.0 Å². The predicted molar refractivity (Wildman–Crippen MR) is 107 cm³/mol. The number of hydrogen-bond donors (Lipinski definition) is 1. The van der Waals surface area contributed by atoms with Crippen molar-refractivity contribution in [1.82, 2.24) is 29.4 Å². The van der Waals surface area contributed by atoms with Crippen molar-refractivity contribution in [1.29, 1.82) is 0 Å². The van der Waals surface area contributed by atoms with E-state index in [1.165, 1.54) is 11.3 Å². The molecule has 12 heteroatoms. The molecule has 2 aromatic rings. The molecule has 4 rings (SSSR count). The summed E-state index contributed by atoms with van der Waals surface area (Å²) >= 11 is 0. The van der Waals surface area contributed by atoms with Crippen LogP contribution in [0.4, 0.5) is 13.2 Å². The summed E-state index contributed by atoms with van der Waals surface area (Å²) in [5.74, 6) is -2.45. The molecule has 1 unspecified atom stereocenters. The van der Waals surface area contributed by atoms with Crippen LogP contribution in [0, 0.1) is 0 Å². The Morgan fingerprint density at radius 2 is 2.06 bits per heavy atom. The average molecular weight is 456 g/mol. The lowest BCUT2D eigenvalue weighted by atomic mass is 10.1. The van der Waals surface area contributed by atoms with Gasteiger partial charge in [0.05, 0.1) is 17.9 Å². The van der Waals surface area contributed by atoms with Gasteiger partial charge in [-0.2, -0.15) is 23.4 Å². The third kappa shape index (κ3) is 6.09. The molecule has 1 atom stereocenters. The number of aliphatic carboxylic acids is 1. The van der Waals surface area contributed by atoms with Crippen LogP contribution < -0.4 is 0 Å². The zero-order chi connectivity index (χ0) is 23.3. The summed E-state index contributed by atoms with van der Waals surface area (Å²) in [6, 6.07) is 2.43. The van der Waals surface area contributed by atoms with Crippen molar-refractivity contribution in [3.8, 4) is 0 Å². The number of hydrogen-bond acceptors (Lipinski definition) is 5. The number of carboxylic acid groups (broad SMARTS) is 1. The summed E-state index contributed by atoms with van der Waals surface area (Å²) in [6.45, 7) is 7.54. The van der Waals surface area contributed by atoms with Gasteiger partial charge in [-0.05, 0) is 25.8 Å². The van der Waals surface area contributed by atoms with Gasteiger partial charge in [0.2, 0.25) is 5.91 Å². The third-order valence-electron chi connectivity index (χ3n) is 5.52. The van der Waals surface area contributed by atoms with Crippen molar-refractivity contribution in [3.63, 3.8) is 0 Å². The summed E-state index contributed by atoms with van der Waals surface area (Å²) in [5.41, 5.74) is 2.51. The van der Waals surface area contributed by atoms with Gasteiger partial charge in [0.15, 0.2) is 0 Å². The van der Waals surface area contributed by atoms with E-state index in [-0.39, 0.29) is 0 Å². The minimum Gasteiger partial charge on any atom is -0.475 e. The molecule has 1 N–H and O–H groups in total. The fourth-order valence-corrected chi connectivity index (χ4v) is 3.96. The first-order valence-electron chi connectivity index (χ1n) is 10.5. The molecular weight excluding hydrogens is 429 g/mol. The molecule has 32 heavy (non-hydrogen) atoms. The second-order valence-electron chi connectivity index (χ2n) is 7.87. The number of carbonyl (C=O) groups is 2. The van der Waals surface area contributed by atoms with Crippen LogP contribution in [0.25, 0.3) is 0 Å². The van der Waals surface area contributed by atoms with Crippen molar-refractivity contribution < 1.29 is 27.9 Å². The molecule has 2 aliphatic rings. The number of carbonyl (C=O) groups excluding carboxylic acids is 1. The Morgan fingerprint density at radius 3 is 2.66 bits per heavy atom. The highest BCUT2D eigenvalue weighted by molar-refractivity contribution is 5.78. The summed E-state index contributed by atoms with van der Waals surface area (Å²) in [5, 5.41) is 16.0. The number of rotatable bonds is 6. The lowest BCUT2D eigenvalue weighted by Crippen LogP contribution is -2.39. The first kappa shape index (κ1) is 23.8. The number of amides is 1. The minimum absolute atomic E-state index is 0.306. The lowest BCUT2D eigenvalue weighted by molar-refractivity contribution is -0.192. The van der Waals surface area contributed by atoms with E-state index in [4.69, 9.17) is 9.90 Å². The molecule has 0 aromatic carbocycles. The van der Waals surface area contributed by atoms with Gasteiger partial charge in [0.25, 0.3) is 0 Å². The quantitative estimate of drug-likeness (QED) is 0.717. The van der Waals surface area contributed by atoms with E-state index >= 15 is 0 Å². The molecule has 2 aromatic heterocycles. The predicted octanol–water partition coefficient (Wildman–Crippen LogP) is 2.30. The maximum absolute atomic E-state index is 11.9. The molecule has 1 amide bonds. The maximum Gasteiger partial charge on any atom is 0.490 e. The molecule has 0 radical (unpaired) electrons. The number of likely N-dealkylation sites (tertiary alicyclic amines) is 1. The number of halogens is 3. The van der Waals surface area contributed by atoms with E-state index in [1.54, 1.807) is 0 Å². The van der Waals surface area contributed by atoms with Crippen molar-refractivity contribution in [2.75, 3.05) is 19.6 Å². The Hall–Kier alpha value is -2.89. The fourth-order valence-electron chi connectivity index (χ4n) is 3.96. The third-order valence-corrected chi connectivity index (χ3v) is 5.52. The van der Waals surface area contributed by atoms with E-state index in [2.05, 4.69) is 39.0 Å². The van der Waals surface area contributed by atoms with Crippen molar-refractivity contribution in [2.45, 2.75) is 58.0 Å². The van der Waals surface area contributed by atoms with Crippen molar-refractivity contribution in [2.24, 2.45) is 0 Å². The first-order valence-corrected chi connectivity index (χ1v) is 10.5. The normalized spacial score (nSPS) is 18.9. The highest BCUT2D eigenvalue weighted by atomic mass is 19.4. The number of aromatic nitrogens is 4. The summed E-state index contributed by atoms with van der Waals surface area (Å²) in [7, 11) is 0. The van der Waals surface area contributed by atoms with Crippen LogP contribution in [0.1, 0.15) is 43.5 Å². The van der Waals surface area contributed by atoms with Gasteiger partial charge in [-0.3, -0.25) is 19.1 Å². The fraction of sp³-hybridized carbons (Fsp3) is 0.600. The van der Waals surface area contributed by atoms with E-state index in [0.717, 1.165) is 52.1 Å². The topological polar surface area (TPSA) is 96.5 Å². The molecule has 0 saturated carbocycles. The summed E-state index contributed by atoms with van der Waals surface area (Å²) in [6.07, 6.45) is 3.58.